The van der Waals surface area contributed by atoms with Gasteiger partial charge in [-0.15, -0.1) is 0 Å². The summed E-state index contributed by atoms with van der Waals surface area (Å²) in [6.45, 7) is 13.2. The summed E-state index contributed by atoms with van der Waals surface area (Å²) < 4.78 is 0. The number of hydrogen-bond donors (Lipinski definition) is 0. The average Bonchev–Trinajstić information content (AvgIpc) is 2.90. The molecule has 0 atom stereocenters. The predicted molar refractivity (Wildman–Crippen MR) is 156 cm³/mol. The SMILES string of the molecule is CC(C)(C)c1ccc(N=Nc2ccc(N=Nc3ccc(N=Nc4ccc(C(C)(C)C)cc4)cc3)cc2)cc1. The summed E-state index contributed by atoms with van der Waals surface area (Å²) >= 11 is 0. The lowest BCUT2D eigenvalue weighted by Gasteiger charge is -2.18. The van der Waals surface area contributed by atoms with Crippen molar-refractivity contribution in [2.24, 2.45) is 30.7 Å². The van der Waals surface area contributed by atoms with Crippen LogP contribution in [0.15, 0.2) is 128 Å². The van der Waals surface area contributed by atoms with E-state index in [9.17, 15) is 0 Å². The maximum atomic E-state index is 4.33. The average molecular weight is 503 g/mol. The molecule has 4 aromatic carbocycles. The van der Waals surface area contributed by atoms with Gasteiger partial charge >= 0.3 is 0 Å². The third kappa shape index (κ3) is 7.59. The van der Waals surface area contributed by atoms with Crippen molar-refractivity contribution in [1.29, 1.82) is 0 Å². The van der Waals surface area contributed by atoms with Crippen molar-refractivity contribution in [2.45, 2.75) is 52.4 Å². The van der Waals surface area contributed by atoms with Crippen LogP contribution >= 0.6 is 0 Å². The minimum absolute atomic E-state index is 0.118. The first-order valence-corrected chi connectivity index (χ1v) is 12.7. The summed E-state index contributed by atoms with van der Waals surface area (Å²) in [6.07, 6.45) is 0. The van der Waals surface area contributed by atoms with Crippen LogP contribution in [-0.4, -0.2) is 0 Å². The van der Waals surface area contributed by atoms with Gasteiger partial charge in [0.05, 0.1) is 34.1 Å². The molecule has 4 rings (SSSR count). The van der Waals surface area contributed by atoms with Crippen molar-refractivity contribution in [3.63, 3.8) is 0 Å². The van der Waals surface area contributed by atoms with Crippen molar-refractivity contribution in [1.82, 2.24) is 0 Å². The van der Waals surface area contributed by atoms with Gasteiger partial charge in [0.2, 0.25) is 0 Å². The molecule has 6 heteroatoms. The Morgan fingerprint density at radius 1 is 0.289 bits per heavy atom. The molecule has 0 aromatic heterocycles. The van der Waals surface area contributed by atoms with Gasteiger partial charge in [0.25, 0.3) is 0 Å². The lowest BCUT2D eigenvalue weighted by molar-refractivity contribution is 0.590. The summed E-state index contributed by atoms with van der Waals surface area (Å²) in [5.74, 6) is 0. The van der Waals surface area contributed by atoms with Crippen molar-refractivity contribution >= 4 is 34.1 Å². The number of hydrogen-bond acceptors (Lipinski definition) is 6. The van der Waals surface area contributed by atoms with E-state index < -0.39 is 0 Å². The first kappa shape index (κ1) is 26.7. The molecule has 0 aliphatic heterocycles. The van der Waals surface area contributed by atoms with Crippen molar-refractivity contribution in [3.8, 4) is 0 Å². The van der Waals surface area contributed by atoms with Gasteiger partial charge < -0.3 is 0 Å². The molecule has 0 aliphatic carbocycles. The van der Waals surface area contributed by atoms with Crippen molar-refractivity contribution in [3.05, 3.63) is 108 Å². The molecule has 0 unspecified atom stereocenters. The molecule has 0 N–H and O–H groups in total. The molecule has 0 fully saturated rings. The highest BCUT2D eigenvalue weighted by atomic mass is 15.1. The summed E-state index contributed by atoms with van der Waals surface area (Å²) in [4.78, 5) is 0. The van der Waals surface area contributed by atoms with Crippen LogP contribution in [0.4, 0.5) is 34.1 Å². The zero-order valence-electron chi connectivity index (χ0n) is 22.9. The molecule has 0 saturated heterocycles. The molecule has 0 radical (unpaired) electrons. The van der Waals surface area contributed by atoms with E-state index in [1.165, 1.54) is 11.1 Å². The molecule has 6 nitrogen and oxygen atoms in total. The molecule has 38 heavy (non-hydrogen) atoms. The first-order chi connectivity index (χ1) is 18.1. The summed E-state index contributed by atoms with van der Waals surface area (Å²) in [7, 11) is 0. The fraction of sp³-hybridized carbons (Fsp3) is 0.250. The maximum Gasteiger partial charge on any atom is 0.0858 e. The minimum atomic E-state index is 0.118. The first-order valence-electron chi connectivity index (χ1n) is 12.7. The monoisotopic (exact) mass is 502 g/mol. The van der Waals surface area contributed by atoms with Gasteiger partial charge in [-0.2, -0.15) is 30.7 Å². The number of benzene rings is 4. The van der Waals surface area contributed by atoms with Crippen LogP contribution in [0.2, 0.25) is 0 Å². The lowest BCUT2D eigenvalue weighted by atomic mass is 9.87. The molecule has 0 heterocycles. The van der Waals surface area contributed by atoms with E-state index in [0.29, 0.717) is 0 Å². The second-order valence-electron chi connectivity index (χ2n) is 11.2. The Kier molecular flexibility index (Phi) is 8.01. The van der Waals surface area contributed by atoms with E-state index in [1.807, 2.05) is 72.8 Å². The van der Waals surface area contributed by atoms with Gasteiger partial charge in [-0.1, -0.05) is 65.8 Å². The second-order valence-corrected chi connectivity index (χ2v) is 11.2. The van der Waals surface area contributed by atoms with Crippen LogP contribution < -0.4 is 0 Å². The topological polar surface area (TPSA) is 74.2 Å². The van der Waals surface area contributed by atoms with E-state index >= 15 is 0 Å². The lowest BCUT2D eigenvalue weighted by Crippen LogP contribution is -2.10. The Morgan fingerprint density at radius 3 is 0.605 bits per heavy atom. The highest BCUT2D eigenvalue weighted by Gasteiger charge is 2.13. The fourth-order valence-corrected chi connectivity index (χ4v) is 3.57. The maximum absolute atomic E-state index is 4.33. The predicted octanol–water partition coefficient (Wildman–Crippen LogP) is 11.5. The molecule has 192 valence electrons. The van der Waals surface area contributed by atoms with Crippen LogP contribution in [0.1, 0.15) is 52.7 Å². The normalized spacial score (nSPS) is 12.7. The molecule has 4 aromatic rings. The van der Waals surface area contributed by atoms with Gasteiger partial charge in [0, 0.05) is 0 Å². The van der Waals surface area contributed by atoms with E-state index in [2.05, 4.69) is 96.5 Å². The van der Waals surface area contributed by atoms with Crippen LogP contribution in [0.25, 0.3) is 0 Å². The van der Waals surface area contributed by atoms with Crippen molar-refractivity contribution in [2.75, 3.05) is 0 Å². The number of rotatable bonds is 6. The zero-order valence-corrected chi connectivity index (χ0v) is 22.9. The van der Waals surface area contributed by atoms with Crippen LogP contribution in [-0.2, 0) is 10.8 Å². The van der Waals surface area contributed by atoms with Crippen molar-refractivity contribution < 1.29 is 0 Å². The highest BCUT2D eigenvalue weighted by Crippen LogP contribution is 2.28. The minimum Gasteiger partial charge on any atom is -0.151 e. The van der Waals surface area contributed by atoms with Crippen LogP contribution in [0.5, 0.6) is 0 Å². The van der Waals surface area contributed by atoms with Crippen LogP contribution in [0, 0.1) is 0 Å². The van der Waals surface area contributed by atoms with Gasteiger partial charge in [-0.25, -0.2) is 0 Å². The Hall–Kier alpha value is -4.32. The zero-order chi connectivity index (χ0) is 27.2. The summed E-state index contributed by atoms with van der Waals surface area (Å²) in [5.41, 5.74) is 7.41. The highest BCUT2D eigenvalue weighted by molar-refractivity contribution is 5.50. The third-order valence-corrected chi connectivity index (χ3v) is 6.01. The van der Waals surface area contributed by atoms with Gasteiger partial charge in [0.15, 0.2) is 0 Å². The molecular formula is C32H34N6. The molecule has 0 spiro atoms. The largest absolute Gasteiger partial charge is 0.151 e. The fourth-order valence-electron chi connectivity index (χ4n) is 3.57. The molecule has 0 saturated carbocycles. The van der Waals surface area contributed by atoms with Crippen LogP contribution in [0.3, 0.4) is 0 Å². The molecule has 0 bridgehead atoms. The quantitative estimate of drug-likeness (QED) is 0.235. The smallest absolute Gasteiger partial charge is 0.0858 e. The third-order valence-electron chi connectivity index (χ3n) is 6.01. The Bertz CT molecular complexity index is 1300. The standard InChI is InChI=1S/C32H34N6/c1-31(2,3)23-7-11-25(12-8-23)33-35-27-15-19-29(20-16-27)37-38-30-21-17-28(18-22-30)36-34-26-13-9-24(10-14-26)32(4,5)6/h7-22H,1-6H3. The molecule has 0 amide bonds. The number of nitrogens with zero attached hydrogens (tertiary/aromatic N) is 6. The van der Waals surface area contributed by atoms with Gasteiger partial charge in [0.1, 0.15) is 0 Å². The van der Waals surface area contributed by atoms with Gasteiger partial charge in [-0.05, 0) is 94.8 Å². The molecule has 0 aliphatic rings. The Labute approximate surface area is 225 Å². The van der Waals surface area contributed by atoms with E-state index in [0.717, 1.165) is 34.1 Å². The number of azo groups is 3. The molecular weight excluding hydrogens is 468 g/mol. The summed E-state index contributed by atoms with van der Waals surface area (Å²) in [5, 5.41) is 26.0. The summed E-state index contributed by atoms with van der Waals surface area (Å²) in [6, 6.07) is 31.3. The Morgan fingerprint density at radius 2 is 0.447 bits per heavy atom. The van der Waals surface area contributed by atoms with E-state index in [4.69, 9.17) is 0 Å². The Balaban J connectivity index is 1.33. The van der Waals surface area contributed by atoms with Gasteiger partial charge in [-0.3, -0.25) is 0 Å². The van der Waals surface area contributed by atoms with E-state index in [-0.39, 0.29) is 10.8 Å². The second kappa shape index (κ2) is 11.4. The van der Waals surface area contributed by atoms with E-state index in [1.54, 1.807) is 0 Å².